The van der Waals surface area contributed by atoms with Crippen molar-refractivity contribution in [1.82, 2.24) is 10.2 Å². The van der Waals surface area contributed by atoms with Crippen LogP contribution in [-0.2, 0) is 0 Å². The Bertz CT molecular complexity index is 518. The number of piperidine rings is 1. The highest BCUT2D eigenvalue weighted by atomic mass is 16.5. The van der Waals surface area contributed by atoms with Gasteiger partial charge in [0.15, 0.2) is 0 Å². The summed E-state index contributed by atoms with van der Waals surface area (Å²) in [4.78, 5) is 2.41. The van der Waals surface area contributed by atoms with E-state index in [0.717, 1.165) is 44.6 Å². The fraction of sp³-hybridized carbons (Fsp3) is 0.684. The Morgan fingerprint density at radius 3 is 2.73 bits per heavy atom. The van der Waals surface area contributed by atoms with Crippen LogP contribution in [0.2, 0.25) is 0 Å². The van der Waals surface area contributed by atoms with Crippen molar-refractivity contribution in [3.63, 3.8) is 0 Å². The van der Waals surface area contributed by atoms with Gasteiger partial charge in [0.2, 0.25) is 0 Å². The van der Waals surface area contributed by atoms with Gasteiger partial charge < -0.3 is 15.0 Å². The van der Waals surface area contributed by atoms with E-state index in [0.29, 0.717) is 12.0 Å². The molecule has 2 aliphatic rings. The van der Waals surface area contributed by atoms with E-state index in [1.807, 2.05) is 0 Å². The van der Waals surface area contributed by atoms with Crippen LogP contribution in [0, 0.1) is 12.8 Å². The van der Waals surface area contributed by atoms with Gasteiger partial charge in [-0.25, -0.2) is 0 Å². The number of hydrogen-bond acceptors (Lipinski definition) is 3. The van der Waals surface area contributed by atoms with Gasteiger partial charge in [-0.1, -0.05) is 31.5 Å². The summed E-state index contributed by atoms with van der Waals surface area (Å²) in [7, 11) is 2.21. The van der Waals surface area contributed by atoms with E-state index in [-0.39, 0.29) is 5.60 Å². The molecule has 1 spiro atoms. The second kappa shape index (κ2) is 6.21. The molecule has 1 fully saturated rings. The van der Waals surface area contributed by atoms with E-state index in [2.05, 4.69) is 56.2 Å². The Morgan fingerprint density at radius 1 is 1.32 bits per heavy atom. The predicted molar refractivity (Wildman–Crippen MR) is 91.5 cm³/mol. The third-order valence-electron chi connectivity index (χ3n) is 5.11. The van der Waals surface area contributed by atoms with Crippen molar-refractivity contribution in [2.75, 3.05) is 26.7 Å². The quantitative estimate of drug-likeness (QED) is 0.924. The van der Waals surface area contributed by atoms with Crippen molar-refractivity contribution >= 4 is 0 Å². The van der Waals surface area contributed by atoms with Gasteiger partial charge in [-0.05, 0) is 45.3 Å². The molecule has 1 unspecified atom stereocenters. The summed E-state index contributed by atoms with van der Waals surface area (Å²) in [6.07, 6.45) is 3.37. The van der Waals surface area contributed by atoms with Gasteiger partial charge in [0.1, 0.15) is 11.4 Å². The van der Waals surface area contributed by atoms with Crippen molar-refractivity contribution in [3.05, 3.63) is 29.3 Å². The summed E-state index contributed by atoms with van der Waals surface area (Å²) in [5.41, 5.74) is 2.70. The molecule has 0 radical (unpaired) electrons. The highest BCUT2D eigenvalue weighted by Crippen LogP contribution is 2.44. The number of nitrogens with one attached hydrogen (secondary N) is 1. The fourth-order valence-corrected chi connectivity index (χ4v) is 3.68. The lowest BCUT2D eigenvalue weighted by Crippen LogP contribution is -2.51. The first kappa shape index (κ1) is 15.8. The predicted octanol–water partition coefficient (Wildman–Crippen LogP) is 3.53. The Hall–Kier alpha value is -1.06. The molecule has 1 aromatic carbocycles. The van der Waals surface area contributed by atoms with Crippen LogP contribution in [0.4, 0.5) is 0 Å². The highest BCUT2D eigenvalue weighted by molar-refractivity contribution is 5.42. The van der Waals surface area contributed by atoms with Crippen LogP contribution in [0.5, 0.6) is 5.75 Å². The lowest BCUT2D eigenvalue weighted by atomic mass is 9.80. The number of likely N-dealkylation sites (tertiary alicyclic amines) is 1. The molecular weight excluding hydrogens is 272 g/mol. The van der Waals surface area contributed by atoms with Crippen LogP contribution in [0.3, 0.4) is 0 Å². The van der Waals surface area contributed by atoms with Crippen LogP contribution < -0.4 is 10.1 Å². The summed E-state index contributed by atoms with van der Waals surface area (Å²) in [5.74, 6) is 1.77. The lowest BCUT2D eigenvalue weighted by Gasteiger charge is -2.46. The molecule has 1 saturated heterocycles. The summed E-state index contributed by atoms with van der Waals surface area (Å²) < 4.78 is 6.53. The maximum atomic E-state index is 6.53. The SMILES string of the molecule is Cc1ccc2c(c1)C(NCC(C)C)CC1(CCN(C)CC1)O2. The van der Waals surface area contributed by atoms with Crippen molar-refractivity contribution in [2.45, 2.75) is 51.7 Å². The average Bonchev–Trinajstić information content (AvgIpc) is 2.49. The molecule has 0 amide bonds. The standard InChI is InChI=1S/C19H30N2O/c1-14(2)13-20-17-12-19(7-9-21(4)10-8-19)22-18-6-5-15(3)11-16(17)18/h5-6,11,14,17,20H,7-10,12-13H2,1-4H3. The molecule has 0 aromatic heterocycles. The minimum absolute atomic E-state index is 0.0312. The smallest absolute Gasteiger partial charge is 0.124 e. The number of benzene rings is 1. The van der Waals surface area contributed by atoms with E-state index in [1.165, 1.54) is 11.1 Å². The van der Waals surface area contributed by atoms with Crippen molar-refractivity contribution < 1.29 is 4.74 Å². The maximum Gasteiger partial charge on any atom is 0.124 e. The van der Waals surface area contributed by atoms with E-state index in [1.54, 1.807) is 0 Å². The molecule has 122 valence electrons. The van der Waals surface area contributed by atoms with Crippen molar-refractivity contribution in [2.24, 2.45) is 5.92 Å². The topological polar surface area (TPSA) is 24.5 Å². The summed E-state index contributed by atoms with van der Waals surface area (Å²) in [6.45, 7) is 10.0. The van der Waals surface area contributed by atoms with Crippen molar-refractivity contribution in [3.8, 4) is 5.75 Å². The normalized spacial score (nSPS) is 24.3. The third kappa shape index (κ3) is 3.31. The van der Waals surface area contributed by atoms with Crippen LogP contribution >= 0.6 is 0 Å². The average molecular weight is 302 g/mol. The number of nitrogens with zero attached hydrogens (tertiary/aromatic N) is 1. The van der Waals surface area contributed by atoms with Gasteiger partial charge in [-0.2, -0.15) is 0 Å². The molecule has 1 atom stereocenters. The largest absolute Gasteiger partial charge is 0.487 e. The molecule has 2 aliphatic heterocycles. The van der Waals surface area contributed by atoms with Crippen LogP contribution in [0.1, 0.15) is 50.3 Å². The first-order valence-corrected chi connectivity index (χ1v) is 8.69. The molecule has 0 aliphatic carbocycles. The number of hydrogen-bond donors (Lipinski definition) is 1. The Balaban J connectivity index is 1.86. The van der Waals surface area contributed by atoms with Gasteiger partial charge in [-0.15, -0.1) is 0 Å². The van der Waals surface area contributed by atoms with Gasteiger partial charge >= 0.3 is 0 Å². The van der Waals surface area contributed by atoms with Gasteiger partial charge in [-0.3, -0.25) is 0 Å². The molecule has 3 rings (SSSR count). The molecule has 2 heterocycles. The zero-order valence-corrected chi connectivity index (χ0v) is 14.5. The van der Waals surface area contributed by atoms with E-state index < -0.39 is 0 Å². The minimum atomic E-state index is 0.0312. The maximum absolute atomic E-state index is 6.53. The van der Waals surface area contributed by atoms with E-state index in [4.69, 9.17) is 4.74 Å². The second-order valence-electron chi connectivity index (χ2n) is 7.69. The zero-order valence-electron chi connectivity index (χ0n) is 14.5. The Kier molecular flexibility index (Phi) is 4.47. The summed E-state index contributed by atoms with van der Waals surface area (Å²) >= 11 is 0. The van der Waals surface area contributed by atoms with Gasteiger partial charge in [0.05, 0.1) is 0 Å². The zero-order chi connectivity index (χ0) is 15.7. The fourth-order valence-electron chi connectivity index (χ4n) is 3.68. The third-order valence-corrected chi connectivity index (χ3v) is 5.11. The molecule has 3 heteroatoms. The Labute approximate surface area is 135 Å². The molecule has 0 bridgehead atoms. The first-order valence-electron chi connectivity index (χ1n) is 8.69. The molecule has 1 N–H and O–H groups in total. The van der Waals surface area contributed by atoms with Gasteiger partial charge in [0, 0.05) is 31.1 Å². The molecule has 1 aromatic rings. The monoisotopic (exact) mass is 302 g/mol. The summed E-state index contributed by atoms with van der Waals surface area (Å²) in [6, 6.07) is 7.07. The van der Waals surface area contributed by atoms with E-state index >= 15 is 0 Å². The second-order valence-corrected chi connectivity index (χ2v) is 7.69. The van der Waals surface area contributed by atoms with Crippen LogP contribution in [0.25, 0.3) is 0 Å². The van der Waals surface area contributed by atoms with Gasteiger partial charge in [0.25, 0.3) is 0 Å². The summed E-state index contributed by atoms with van der Waals surface area (Å²) in [5, 5.41) is 3.79. The molecule has 0 saturated carbocycles. The van der Waals surface area contributed by atoms with Crippen molar-refractivity contribution in [1.29, 1.82) is 0 Å². The Morgan fingerprint density at radius 2 is 2.05 bits per heavy atom. The number of aryl methyl sites for hydroxylation is 1. The first-order chi connectivity index (χ1) is 10.5. The highest BCUT2D eigenvalue weighted by Gasteiger charge is 2.42. The van der Waals surface area contributed by atoms with E-state index in [9.17, 15) is 0 Å². The molecular formula is C19H30N2O. The number of ether oxygens (including phenoxy) is 1. The number of rotatable bonds is 3. The number of fused-ring (bicyclic) bond motifs is 1. The molecule has 3 nitrogen and oxygen atoms in total. The minimum Gasteiger partial charge on any atom is -0.487 e. The van der Waals surface area contributed by atoms with Crippen LogP contribution in [0.15, 0.2) is 18.2 Å². The lowest BCUT2D eigenvalue weighted by molar-refractivity contribution is -0.0205. The molecule has 22 heavy (non-hydrogen) atoms. The van der Waals surface area contributed by atoms with Crippen LogP contribution in [-0.4, -0.2) is 37.2 Å².